The van der Waals surface area contributed by atoms with Gasteiger partial charge in [-0.3, -0.25) is 0 Å². The molecule has 0 amide bonds. The summed E-state index contributed by atoms with van der Waals surface area (Å²) in [6.45, 7) is 2.34. The second-order valence-electron chi connectivity index (χ2n) is 4.43. The van der Waals surface area contributed by atoms with Gasteiger partial charge in [0, 0.05) is 36.1 Å². The number of nitrogens with one attached hydrogen (secondary N) is 1. The van der Waals surface area contributed by atoms with E-state index in [2.05, 4.69) is 41.2 Å². The van der Waals surface area contributed by atoms with Gasteiger partial charge in [-0.25, -0.2) is 0 Å². The van der Waals surface area contributed by atoms with Crippen molar-refractivity contribution in [3.05, 3.63) is 35.5 Å². The number of benzene rings is 1. The summed E-state index contributed by atoms with van der Waals surface area (Å²) >= 11 is 0. The summed E-state index contributed by atoms with van der Waals surface area (Å²) in [4.78, 5) is 5.96. The van der Waals surface area contributed by atoms with Crippen LogP contribution >= 0.6 is 12.4 Å². The van der Waals surface area contributed by atoms with Gasteiger partial charge >= 0.3 is 0 Å². The summed E-state index contributed by atoms with van der Waals surface area (Å²) in [5, 5.41) is 1.42. The van der Waals surface area contributed by atoms with Crippen LogP contribution in [0, 0.1) is 0 Å². The van der Waals surface area contributed by atoms with Crippen molar-refractivity contribution in [1.82, 2.24) is 9.88 Å². The summed E-state index contributed by atoms with van der Waals surface area (Å²) < 4.78 is 0. The average molecular weight is 237 g/mol. The molecular weight excluding hydrogens is 220 g/mol. The molecule has 2 nitrogen and oxygen atoms in total. The highest BCUT2D eigenvalue weighted by atomic mass is 35.5. The van der Waals surface area contributed by atoms with Crippen LogP contribution in [0.2, 0.25) is 0 Å². The number of hydrogen-bond donors (Lipinski definition) is 1. The number of likely N-dealkylation sites (N-methyl/N-ethyl adjacent to an activating group) is 1. The van der Waals surface area contributed by atoms with E-state index in [1.54, 1.807) is 0 Å². The van der Waals surface area contributed by atoms with Crippen LogP contribution in [0.4, 0.5) is 0 Å². The lowest BCUT2D eigenvalue weighted by atomic mass is 10.1. The van der Waals surface area contributed by atoms with Crippen molar-refractivity contribution in [1.29, 1.82) is 0 Å². The molecule has 3 rings (SSSR count). The number of hydrogen-bond acceptors (Lipinski definition) is 1. The number of para-hydroxylation sites is 1. The molecule has 0 unspecified atom stereocenters. The van der Waals surface area contributed by atoms with Crippen molar-refractivity contribution in [3.63, 3.8) is 0 Å². The Hall–Kier alpha value is -0.990. The smallest absolute Gasteiger partial charge is 0.0458 e. The zero-order valence-corrected chi connectivity index (χ0v) is 10.3. The Balaban J connectivity index is 0.000000963. The molecule has 0 aliphatic carbocycles. The first-order valence-electron chi connectivity index (χ1n) is 5.61. The molecule has 0 atom stereocenters. The maximum absolute atomic E-state index is 3.55. The molecule has 1 N–H and O–H groups in total. The fraction of sp³-hybridized carbons (Fsp3) is 0.385. The number of halogens is 1. The number of H-pyrrole nitrogens is 1. The summed E-state index contributed by atoms with van der Waals surface area (Å²) in [5.41, 5.74) is 4.28. The van der Waals surface area contributed by atoms with E-state index in [9.17, 15) is 0 Å². The SMILES string of the molecule is CN1CCc2[nH]c3ccccc3c2CC1.Cl. The summed E-state index contributed by atoms with van der Waals surface area (Å²) in [7, 11) is 2.20. The fourth-order valence-electron chi connectivity index (χ4n) is 2.47. The van der Waals surface area contributed by atoms with E-state index >= 15 is 0 Å². The first-order valence-corrected chi connectivity index (χ1v) is 5.61. The van der Waals surface area contributed by atoms with E-state index in [-0.39, 0.29) is 12.4 Å². The van der Waals surface area contributed by atoms with Crippen LogP contribution in [0.25, 0.3) is 10.9 Å². The molecule has 2 heterocycles. The third-order valence-corrected chi connectivity index (χ3v) is 3.39. The molecule has 0 radical (unpaired) electrons. The lowest BCUT2D eigenvalue weighted by Gasteiger charge is -2.11. The third kappa shape index (κ3) is 1.83. The van der Waals surface area contributed by atoms with Gasteiger partial charge in [-0.15, -0.1) is 12.4 Å². The number of rotatable bonds is 0. The predicted molar refractivity (Wildman–Crippen MR) is 70.5 cm³/mol. The van der Waals surface area contributed by atoms with Crippen molar-refractivity contribution in [2.75, 3.05) is 20.1 Å². The van der Waals surface area contributed by atoms with Gasteiger partial charge in [-0.05, 0) is 25.1 Å². The van der Waals surface area contributed by atoms with Crippen LogP contribution in [0.3, 0.4) is 0 Å². The van der Waals surface area contributed by atoms with Crippen LogP contribution in [-0.2, 0) is 12.8 Å². The Kier molecular flexibility index (Phi) is 3.22. The largest absolute Gasteiger partial charge is 0.358 e. The molecule has 0 saturated carbocycles. The molecule has 2 aromatic rings. The Morgan fingerprint density at radius 1 is 1.12 bits per heavy atom. The summed E-state index contributed by atoms with van der Waals surface area (Å²) in [6.07, 6.45) is 2.33. The first kappa shape index (κ1) is 11.5. The zero-order chi connectivity index (χ0) is 10.3. The summed E-state index contributed by atoms with van der Waals surface area (Å²) in [6, 6.07) is 8.64. The van der Waals surface area contributed by atoms with Crippen LogP contribution < -0.4 is 0 Å². The standard InChI is InChI=1S/C13H16N2.ClH/c1-15-8-6-11-10-4-2-3-5-12(10)14-13(11)7-9-15;/h2-5,14H,6-9H2,1H3;1H. The summed E-state index contributed by atoms with van der Waals surface area (Å²) in [5.74, 6) is 0. The van der Waals surface area contributed by atoms with Crippen LogP contribution in [-0.4, -0.2) is 30.0 Å². The van der Waals surface area contributed by atoms with Gasteiger partial charge in [-0.2, -0.15) is 0 Å². The van der Waals surface area contributed by atoms with Gasteiger partial charge in [0.05, 0.1) is 0 Å². The topological polar surface area (TPSA) is 19.0 Å². The van der Waals surface area contributed by atoms with E-state index in [1.165, 1.54) is 41.7 Å². The van der Waals surface area contributed by atoms with E-state index < -0.39 is 0 Å². The number of aromatic nitrogens is 1. The molecular formula is C13H17ClN2. The number of aromatic amines is 1. The minimum atomic E-state index is 0. The van der Waals surface area contributed by atoms with E-state index in [4.69, 9.17) is 0 Å². The van der Waals surface area contributed by atoms with Gasteiger partial charge in [0.15, 0.2) is 0 Å². The van der Waals surface area contributed by atoms with E-state index in [0.717, 1.165) is 6.42 Å². The van der Waals surface area contributed by atoms with E-state index in [0.29, 0.717) is 0 Å². The Morgan fingerprint density at radius 3 is 2.75 bits per heavy atom. The quantitative estimate of drug-likeness (QED) is 0.745. The molecule has 16 heavy (non-hydrogen) atoms. The molecule has 1 aromatic carbocycles. The highest BCUT2D eigenvalue weighted by Crippen LogP contribution is 2.25. The van der Waals surface area contributed by atoms with Gasteiger partial charge < -0.3 is 9.88 Å². The van der Waals surface area contributed by atoms with Crippen molar-refractivity contribution in [2.45, 2.75) is 12.8 Å². The predicted octanol–water partition coefficient (Wildman–Crippen LogP) is 2.62. The molecule has 3 heteroatoms. The second-order valence-corrected chi connectivity index (χ2v) is 4.43. The lowest BCUT2D eigenvalue weighted by molar-refractivity contribution is 0.352. The minimum absolute atomic E-state index is 0. The molecule has 1 aromatic heterocycles. The van der Waals surface area contributed by atoms with Crippen molar-refractivity contribution < 1.29 is 0 Å². The Bertz CT molecular complexity index is 490. The lowest BCUT2D eigenvalue weighted by Crippen LogP contribution is -2.20. The highest BCUT2D eigenvalue weighted by Gasteiger charge is 2.15. The molecule has 0 fully saturated rings. The average Bonchev–Trinajstić information content (AvgIpc) is 2.51. The molecule has 0 spiro atoms. The maximum Gasteiger partial charge on any atom is 0.0458 e. The zero-order valence-electron chi connectivity index (χ0n) is 9.49. The van der Waals surface area contributed by atoms with Crippen molar-refractivity contribution in [3.8, 4) is 0 Å². The number of fused-ring (bicyclic) bond motifs is 3. The van der Waals surface area contributed by atoms with E-state index in [1.807, 2.05) is 0 Å². The fourth-order valence-corrected chi connectivity index (χ4v) is 2.47. The monoisotopic (exact) mass is 236 g/mol. The van der Waals surface area contributed by atoms with Crippen LogP contribution in [0.1, 0.15) is 11.3 Å². The normalized spacial score (nSPS) is 16.6. The Labute approximate surface area is 102 Å². The molecule has 0 bridgehead atoms. The maximum atomic E-state index is 3.55. The molecule has 0 saturated heterocycles. The first-order chi connectivity index (χ1) is 7.34. The minimum Gasteiger partial charge on any atom is -0.358 e. The van der Waals surface area contributed by atoms with Crippen LogP contribution in [0.15, 0.2) is 24.3 Å². The number of nitrogens with zero attached hydrogens (tertiary/aromatic N) is 1. The van der Waals surface area contributed by atoms with Crippen molar-refractivity contribution in [2.24, 2.45) is 0 Å². The molecule has 1 aliphatic rings. The third-order valence-electron chi connectivity index (χ3n) is 3.39. The van der Waals surface area contributed by atoms with Gasteiger partial charge in [-0.1, -0.05) is 18.2 Å². The van der Waals surface area contributed by atoms with Crippen LogP contribution in [0.5, 0.6) is 0 Å². The molecule has 86 valence electrons. The van der Waals surface area contributed by atoms with Gasteiger partial charge in [0.1, 0.15) is 0 Å². The highest BCUT2D eigenvalue weighted by molar-refractivity contribution is 5.85. The van der Waals surface area contributed by atoms with Crippen molar-refractivity contribution >= 4 is 23.3 Å². The second kappa shape index (κ2) is 4.48. The van der Waals surface area contributed by atoms with Gasteiger partial charge in [0.25, 0.3) is 0 Å². The van der Waals surface area contributed by atoms with Gasteiger partial charge in [0.2, 0.25) is 0 Å². The Morgan fingerprint density at radius 2 is 1.88 bits per heavy atom. The molecule has 1 aliphatic heterocycles.